The van der Waals surface area contributed by atoms with Gasteiger partial charge in [0.1, 0.15) is 6.10 Å². The molecule has 2 aliphatic heterocycles. The molecule has 0 bridgehead atoms. The van der Waals surface area contributed by atoms with E-state index in [2.05, 4.69) is 17.0 Å². The first-order valence-electron chi connectivity index (χ1n) is 9.83. The van der Waals surface area contributed by atoms with Gasteiger partial charge in [0, 0.05) is 31.8 Å². The van der Waals surface area contributed by atoms with Crippen molar-refractivity contribution in [2.45, 2.75) is 25.5 Å². The summed E-state index contributed by atoms with van der Waals surface area (Å²) in [7, 11) is 0. The lowest BCUT2D eigenvalue weighted by Gasteiger charge is -2.31. The number of carboxylic acid groups (broad SMARTS) is 2. The molecular weight excluding hydrogens is 392 g/mol. The minimum atomic E-state index is -1.26. The molecule has 9 heteroatoms. The average Bonchev–Trinajstić information content (AvgIpc) is 3.06. The number of rotatable bonds is 7. The molecule has 0 radical (unpaired) electrons. The minimum Gasteiger partial charge on any atom is -0.478 e. The molecule has 2 fully saturated rings. The zero-order valence-corrected chi connectivity index (χ0v) is 17.0. The van der Waals surface area contributed by atoms with Gasteiger partial charge in [0.2, 0.25) is 0 Å². The van der Waals surface area contributed by atoms with Crippen molar-refractivity contribution < 1.29 is 34.1 Å². The predicted octanol–water partition coefficient (Wildman–Crippen LogP) is 2.00. The van der Waals surface area contributed by atoms with Crippen molar-refractivity contribution in [1.82, 2.24) is 9.80 Å². The Balaban J connectivity index is 0.000000343. The Bertz CT molecular complexity index is 716. The number of amides is 1. The highest BCUT2D eigenvalue weighted by atomic mass is 16.6. The molecule has 2 heterocycles. The number of ether oxygens (including phenoxy) is 2. The van der Waals surface area contributed by atoms with E-state index in [0.29, 0.717) is 18.7 Å². The predicted molar refractivity (Wildman–Crippen MR) is 108 cm³/mol. The summed E-state index contributed by atoms with van der Waals surface area (Å²) in [6, 6.07) is 10.3. The zero-order valence-electron chi connectivity index (χ0n) is 17.0. The summed E-state index contributed by atoms with van der Waals surface area (Å²) >= 11 is 0. The third kappa shape index (κ3) is 7.84. The van der Waals surface area contributed by atoms with Gasteiger partial charge in [0.25, 0.3) is 0 Å². The molecule has 2 N–H and O–H groups in total. The Morgan fingerprint density at radius 1 is 1.13 bits per heavy atom. The van der Waals surface area contributed by atoms with E-state index in [1.165, 1.54) is 5.56 Å². The smallest absolute Gasteiger partial charge is 0.410 e. The standard InChI is InChI=1S/C17H24N2O3.C4H4O4/c1-14-13-19(17(20)22-14)16(15-5-3-2-4-6-15)7-8-18-9-11-21-12-10-18;5-3(6)1-2-4(7)8/h2-6,14,16H,7-13H2,1H3;1-2H,(H,5,6)(H,7,8)/b;2-1+. The summed E-state index contributed by atoms with van der Waals surface area (Å²) in [5.74, 6) is -2.51. The van der Waals surface area contributed by atoms with Crippen LogP contribution in [-0.2, 0) is 19.1 Å². The third-order valence-corrected chi connectivity index (χ3v) is 4.74. The van der Waals surface area contributed by atoms with Crippen LogP contribution >= 0.6 is 0 Å². The fourth-order valence-electron chi connectivity index (χ4n) is 3.33. The van der Waals surface area contributed by atoms with Crippen LogP contribution in [0.25, 0.3) is 0 Å². The van der Waals surface area contributed by atoms with Gasteiger partial charge in [-0.05, 0) is 18.9 Å². The lowest BCUT2D eigenvalue weighted by atomic mass is 10.0. The van der Waals surface area contributed by atoms with E-state index in [9.17, 15) is 14.4 Å². The molecule has 0 saturated carbocycles. The van der Waals surface area contributed by atoms with Gasteiger partial charge >= 0.3 is 18.0 Å². The average molecular weight is 420 g/mol. The number of carboxylic acids is 2. The zero-order chi connectivity index (χ0) is 21.9. The van der Waals surface area contributed by atoms with Crippen LogP contribution in [0.5, 0.6) is 0 Å². The molecule has 0 aliphatic carbocycles. The fraction of sp³-hybridized carbons (Fsp3) is 0.476. The van der Waals surface area contributed by atoms with Gasteiger partial charge in [-0.15, -0.1) is 0 Å². The van der Waals surface area contributed by atoms with Gasteiger partial charge in [-0.25, -0.2) is 14.4 Å². The Hall–Kier alpha value is -2.91. The highest BCUT2D eigenvalue weighted by Gasteiger charge is 2.34. The van der Waals surface area contributed by atoms with Crippen molar-refractivity contribution >= 4 is 18.0 Å². The van der Waals surface area contributed by atoms with Crippen LogP contribution in [0.4, 0.5) is 4.79 Å². The Kier molecular flexibility index (Phi) is 9.30. The fourth-order valence-corrected chi connectivity index (χ4v) is 3.33. The molecule has 2 aliphatic rings. The largest absolute Gasteiger partial charge is 0.478 e. The summed E-state index contributed by atoms with van der Waals surface area (Å²) in [6.07, 6.45) is 1.82. The monoisotopic (exact) mass is 420 g/mol. The van der Waals surface area contributed by atoms with E-state index >= 15 is 0 Å². The molecule has 30 heavy (non-hydrogen) atoms. The first kappa shape index (κ1) is 23.4. The van der Waals surface area contributed by atoms with Crippen LogP contribution in [0.2, 0.25) is 0 Å². The van der Waals surface area contributed by atoms with Crippen LogP contribution in [0.15, 0.2) is 42.5 Å². The van der Waals surface area contributed by atoms with Crippen molar-refractivity contribution in [3.8, 4) is 0 Å². The van der Waals surface area contributed by atoms with Crippen LogP contribution in [0.3, 0.4) is 0 Å². The Morgan fingerprint density at radius 3 is 2.23 bits per heavy atom. The highest BCUT2D eigenvalue weighted by Crippen LogP contribution is 2.29. The Labute approximate surface area is 175 Å². The van der Waals surface area contributed by atoms with Crippen LogP contribution in [0, 0.1) is 0 Å². The van der Waals surface area contributed by atoms with E-state index < -0.39 is 11.9 Å². The summed E-state index contributed by atoms with van der Waals surface area (Å²) in [6.45, 7) is 7.15. The molecule has 0 aromatic heterocycles. The topological polar surface area (TPSA) is 117 Å². The Morgan fingerprint density at radius 2 is 1.73 bits per heavy atom. The van der Waals surface area contributed by atoms with Crippen molar-refractivity contribution in [3.63, 3.8) is 0 Å². The molecule has 1 aromatic rings. The van der Waals surface area contributed by atoms with Gasteiger partial charge in [0.15, 0.2) is 0 Å². The highest BCUT2D eigenvalue weighted by molar-refractivity contribution is 5.89. The summed E-state index contributed by atoms with van der Waals surface area (Å²) in [5.41, 5.74) is 1.18. The van der Waals surface area contributed by atoms with E-state index in [4.69, 9.17) is 19.7 Å². The molecule has 3 rings (SSSR count). The first-order chi connectivity index (χ1) is 14.4. The molecule has 9 nitrogen and oxygen atoms in total. The van der Waals surface area contributed by atoms with Crippen molar-refractivity contribution in [1.29, 1.82) is 0 Å². The normalized spacial score (nSPS) is 20.4. The number of cyclic esters (lactones) is 1. The van der Waals surface area contributed by atoms with Crippen LogP contribution < -0.4 is 0 Å². The number of morpholine rings is 1. The van der Waals surface area contributed by atoms with Gasteiger partial charge in [-0.3, -0.25) is 9.80 Å². The minimum absolute atomic E-state index is 0.0258. The van der Waals surface area contributed by atoms with Crippen molar-refractivity contribution in [3.05, 3.63) is 48.0 Å². The SMILES string of the molecule is CC1CN(C(CCN2CCOCC2)c2ccccc2)C(=O)O1.O=C(O)/C=C/C(=O)O. The molecule has 1 amide bonds. The van der Waals surface area contributed by atoms with Crippen LogP contribution in [-0.4, -0.2) is 83.5 Å². The molecule has 2 saturated heterocycles. The van der Waals surface area contributed by atoms with Crippen molar-refractivity contribution in [2.24, 2.45) is 0 Å². The third-order valence-electron chi connectivity index (χ3n) is 4.74. The molecule has 0 spiro atoms. The second-order valence-electron chi connectivity index (χ2n) is 7.03. The maximum atomic E-state index is 12.1. The summed E-state index contributed by atoms with van der Waals surface area (Å²) in [5, 5.41) is 15.6. The number of carbonyl (C=O) groups is 3. The number of carbonyl (C=O) groups excluding carboxylic acids is 1. The maximum Gasteiger partial charge on any atom is 0.410 e. The van der Waals surface area contributed by atoms with Crippen LogP contribution in [0.1, 0.15) is 24.9 Å². The van der Waals surface area contributed by atoms with E-state index in [-0.39, 0.29) is 18.2 Å². The molecular formula is C21H28N2O7. The lowest BCUT2D eigenvalue weighted by molar-refractivity contribution is -0.134. The van der Waals surface area contributed by atoms with Gasteiger partial charge in [-0.2, -0.15) is 0 Å². The van der Waals surface area contributed by atoms with Crippen molar-refractivity contribution in [2.75, 3.05) is 39.4 Å². The van der Waals surface area contributed by atoms with Gasteiger partial charge < -0.3 is 19.7 Å². The number of hydrogen-bond donors (Lipinski definition) is 2. The first-order valence-corrected chi connectivity index (χ1v) is 9.83. The van der Waals surface area contributed by atoms with E-state index in [0.717, 1.165) is 39.3 Å². The maximum absolute atomic E-state index is 12.1. The second kappa shape index (κ2) is 11.9. The molecule has 1 aromatic carbocycles. The summed E-state index contributed by atoms with van der Waals surface area (Å²) in [4.78, 5) is 35.5. The quantitative estimate of drug-likeness (QED) is 0.644. The second-order valence-corrected chi connectivity index (χ2v) is 7.03. The summed E-state index contributed by atoms with van der Waals surface area (Å²) < 4.78 is 10.7. The number of benzene rings is 1. The van der Waals surface area contributed by atoms with E-state index in [1.54, 1.807) is 0 Å². The lowest BCUT2D eigenvalue weighted by Crippen LogP contribution is -2.39. The molecule has 2 atom stereocenters. The number of hydrogen-bond acceptors (Lipinski definition) is 6. The molecule has 2 unspecified atom stereocenters. The number of nitrogens with zero attached hydrogens (tertiary/aromatic N) is 2. The number of aliphatic carboxylic acids is 2. The molecule has 164 valence electrons. The van der Waals surface area contributed by atoms with E-state index in [1.807, 2.05) is 30.0 Å². The van der Waals surface area contributed by atoms with Gasteiger partial charge in [0.05, 0.1) is 25.8 Å². The van der Waals surface area contributed by atoms with Gasteiger partial charge in [-0.1, -0.05) is 30.3 Å².